The van der Waals surface area contributed by atoms with Gasteiger partial charge in [0.1, 0.15) is 0 Å². The zero-order valence-corrected chi connectivity index (χ0v) is 10.5. The van der Waals surface area contributed by atoms with Crippen LogP contribution in [0.15, 0.2) is 60.8 Å². The molecular formula is C15H12N2S. The van der Waals surface area contributed by atoms with Gasteiger partial charge < -0.3 is 5.73 Å². The maximum Gasteiger partial charge on any atom is 0.180 e. The van der Waals surface area contributed by atoms with Crippen molar-refractivity contribution in [2.24, 2.45) is 0 Å². The maximum atomic E-state index is 5.64. The largest absolute Gasteiger partial charge is 0.375 e. The summed E-state index contributed by atoms with van der Waals surface area (Å²) in [6, 6.07) is 18.8. The second-order valence-electron chi connectivity index (χ2n) is 4.01. The average Bonchev–Trinajstić information content (AvgIpc) is 2.87. The van der Waals surface area contributed by atoms with Crippen LogP contribution in [0.4, 0.5) is 5.13 Å². The highest BCUT2D eigenvalue weighted by molar-refractivity contribution is 7.18. The van der Waals surface area contributed by atoms with Gasteiger partial charge in [-0.1, -0.05) is 65.9 Å². The summed E-state index contributed by atoms with van der Waals surface area (Å²) in [7, 11) is 0. The number of thiazole rings is 1. The predicted molar refractivity (Wildman–Crippen MR) is 77.4 cm³/mol. The van der Waals surface area contributed by atoms with E-state index in [1.54, 1.807) is 0 Å². The van der Waals surface area contributed by atoms with Gasteiger partial charge in [0.05, 0.1) is 4.88 Å². The van der Waals surface area contributed by atoms with Crippen molar-refractivity contribution >= 4 is 16.5 Å². The summed E-state index contributed by atoms with van der Waals surface area (Å²) in [6.07, 6.45) is 1.82. The Morgan fingerprint density at radius 2 is 1.39 bits per heavy atom. The molecule has 0 aliphatic rings. The third-order valence-corrected chi connectivity index (χ3v) is 3.68. The Kier molecular flexibility index (Phi) is 2.82. The standard InChI is InChI=1S/C15H12N2S/c16-15-17-10-14(18-15)13-8-6-12(7-9-13)11-4-2-1-3-5-11/h1-10H,(H2,16,17). The molecule has 0 saturated heterocycles. The lowest BCUT2D eigenvalue weighted by Crippen LogP contribution is -1.77. The molecule has 0 fully saturated rings. The fourth-order valence-electron chi connectivity index (χ4n) is 1.88. The second kappa shape index (κ2) is 4.63. The molecule has 0 unspecified atom stereocenters. The van der Waals surface area contributed by atoms with Crippen LogP contribution in [-0.4, -0.2) is 4.98 Å². The van der Waals surface area contributed by atoms with Gasteiger partial charge >= 0.3 is 0 Å². The molecule has 0 aliphatic heterocycles. The van der Waals surface area contributed by atoms with Crippen LogP contribution in [0.1, 0.15) is 0 Å². The lowest BCUT2D eigenvalue weighted by atomic mass is 10.0. The van der Waals surface area contributed by atoms with Gasteiger partial charge in [0.25, 0.3) is 0 Å². The van der Waals surface area contributed by atoms with Crippen molar-refractivity contribution in [3.63, 3.8) is 0 Å². The second-order valence-corrected chi connectivity index (χ2v) is 5.07. The van der Waals surface area contributed by atoms with Crippen LogP contribution in [0.5, 0.6) is 0 Å². The molecule has 3 heteroatoms. The van der Waals surface area contributed by atoms with Crippen LogP contribution in [0.25, 0.3) is 21.6 Å². The first-order valence-electron chi connectivity index (χ1n) is 5.70. The van der Waals surface area contributed by atoms with Crippen LogP contribution < -0.4 is 5.73 Å². The summed E-state index contributed by atoms with van der Waals surface area (Å²) in [4.78, 5) is 5.17. The molecule has 1 heterocycles. The number of benzene rings is 2. The van der Waals surface area contributed by atoms with Crippen molar-refractivity contribution in [2.75, 3.05) is 5.73 Å². The zero-order valence-electron chi connectivity index (χ0n) is 9.71. The smallest absolute Gasteiger partial charge is 0.180 e. The topological polar surface area (TPSA) is 38.9 Å². The Bertz CT molecular complexity index is 642. The maximum absolute atomic E-state index is 5.64. The van der Waals surface area contributed by atoms with Gasteiger partial charge in [-0.2, -0.15) is 0 Å². The lowest BCUT2D eigenvalue weighted by molar-refractivity contribution is 1.42. The fraction of sp³-hybridized carbons (Fsp3) is 0. The van der Waals surface area contributed by atoms with Crippen molar-refractivity contribution in [2.45, 2.75) is 0 Å². The SMILES string of the molecule is Nc1ncc(-c2ccc(-c3ccccc3)cc2)s1. The predicted octanol–water partition coefficient (Wildman–Crippen LogP) is 4.06. The van der Waals surface area contributed by atoms with Crippen molar-refractivity contribution in [1.29, 1.82) is 0 Å². The van der Waals surface area contributed by atoms with E-state index in [0.29, 0.717) is 5.13 Å². The van der Waals surface area contributed by atoms with Gasteiger partial charge in [-0.25, -0.2) is 4.98 Å². The number of nitrogens with two attached hydrogens (primary N) is 1. The minimum Gasteiger partial charge on any atom is -0.375 e. The number of aromatic nitrogens is 1. The van der Waals surface area contributed by atoms with E-state index in [2.05, 4.69) is 41.4 Å². The molecule has 3 aromatic rings. The van der Waals surface area contributed by atoms with E-state index in [-0.39, 0.29) is 0 Å². The van der Waals surface area contributed by atoms with Gasteiger partial charge in [-0.05, 0) is 16.7 Å². The highest BCUT2D eigenvalue weighted by atomic mass is 32.1. The van der Waals surface area contributed by atoms with Crippen LogP contribution >= 0.6 is 11.3 Å². The summed E-state index contributed by atoms with van der Waals surface area (Å²) in [6.45, 7) is 0. The molecule has 0 radical (unpaired) electrons. The average molecular weight is 252 g/mol. The molecule has 88 valence electrons. The van der Waals surface area contributed by atoms with Crippen LogP contribution in [-0.2, 0) is 0 Å². The monoisotopic (exact) mass is 252 g/mol. The van der Waals surface area contributed by atoms with E-state index >= 15 is 0 Å². The highest BCUT2D eigenvalue weighted by Crippen LogP contribution is 2.29. The van der Waals surface area contributed by atoms with Crippen molar-refractivity contribution < 1.29 is 0 Å². The number of anilines is 1. The number of rotatable bonds is 2. The van der Waals surface area contributed by atoms with E-state index in [4.69, 9.17) is 5.73 Å². The third kappa shape index (κ3) is 2.13. The van der Waals surface area contributed by atoms with E-state index in [1.165, 1.54) is 22.5 Å². The normalized spacial score (nSPS) is 10.4. The molecule has 1 aromatic heterocycles. The van der Waals surface area contributed by atoms with E-state index < -0.39 is 0 Å². The molecule has 18 heavy (non-hydrogen) atoms. The number of nitrogen functional groups attached to an aromatic ring is 1. The van der Waals surface area contributed by atoms with Crippen LogP contribution in [0.3, 0.4) is 0 Å². The Labute approximate surface area is 110 Å². The van der Waals surface area contributed by atoms with Gasteiger partial charge in [0.2, 0.25) is 0 Å². The minimum absolute atomic E-state index is 0.608. The summed E-state index contributed by atoms with van der Waals surface area (Å²) in [5.41, 5.74) is 9.25. The molecule has 0 amide bonds. The summed E-state index contributed by atoms with van der Waals surface area (Å²) in [5, 5.41) is 0.608. The first-order valence-corrected chi connectivity index (χ1v) is 6.52. The van der Waals surface area contributed by atoms with Crippen molar-refractivity contribution in [3.05, 3.63) is 60.8 Å². The molecule has 2 nitrogen and oxygen atoms in total. The Morgan fingerprint density at radius 3 is 2.00 bits per heavy atom. The summed E-state index contributed by atoms with van der Waals surface area (Å²) in [5.74, 6) is 0. The molecule has 2 N–H and O–H groups in total. The van der Waals surface area contributed by atoms with E-state index in [0.717, 1.165) is 10.4 Å². The molecule has 0 aliphatic carbocycles. The third-order valence-electron chi connectivity index (χ3n) is 2.80. The first-order chi connectivity index (χ1) is 8.83. The molecule has 2 aromatic carbocycles. The number of hydrogen-bond acceptors (Lipinski definition) is 3. The molecule has 0 spiro atoms. The quantitative estimate of drug-likeness (QED) is 0.747. The van der Waals surface area contributed by atoms with Gasteiger partial charge in [-0.15, -0.1) is 0 Å². The summed E-state index contributed by atoms with van der Waals surface area (Å²) >= 11 is 1.51. The van der Waals surface area contributed by atoms with Crippen LogP contribution in [0.2, 0.25) is 0 Å². The number of nitrogens with zero attached hydrogens (tertiary/aromatic N) is 1. The van der Waals surface area contributed by atoms with E-state index in [9.17, 15) is 0 Å². The van der Waals surface area contributed by atoms with E-state index in [1.807, 2.05) is 24.4 Å². The zero-order chi connectivity index (χ0) is 12.4. The first kappa shape index (κ1) is 11.0. The molecule has 0 saturated carbocycles. The van der Waals surface area contributed by atoms with Crippen LogP contribution in [0, 0.1) is 0 Å². The van der Waals surface area contributed by atoms with Crippen molar-refractivity contribution in [3.8, 4) is 21.6 Å². The Hall–Kier alpha value is -2.13. The number of hydrogen-bond donors (Lipinski definition) is 1. The summed E-state index contributed by atoms with van der Waals surface area (Å²) < 4.78 is 0. The fourth-order valence-corrected chi connectivity index (χ4v) is 2.57. The Morgan fingerprint density at radius 1 is 0.778 bits per heavy atom. The van der Waals surface area contributed by atoms with Gasteiger partial charge in [-0.3, -0.25) is 0 Å². The van der Waals surface area contributed by atoms with Gasteiger partial charge in [0.15, 0.2) is 5.13 Å². The van der Waals surface area contributed by atoms with Crippen molar-refractivity contribution in [1.82, 2.24) is 4.98 Å². The highest BCUT2D eigenvalue weighted by Gasteiger charge is 2.02. The Balaban J connectivity index is 1.94. The molecule has 0 atom stereocenters. The van der Waals surface area contributed by atoms with Gasteiger partial charge in [0, 0.05) is 6.20 Å². The molecule has 3 rings (SSSR count). The molecular weight excluding hydrogens is 240 g/mol. The molecule has 0 bridgehead atoms. The lowest BCUT2D eigenvalue weighted by Gasteiger charge is -2.02. The minimum atomic E-state index is 0.608.